The highest BCUT2D eigenvalue weighted by atomic mass is 16.6. The van der Waals surface area contributed by atoms with Gasteiger partial charge in [-0.25, -0.2) is 0 Å². The second kappa shape index (κ2) is 8.57. The van der Waals surface area contributed by atoms with Crippen molar-refractivity contribution in [2.24, 2.45) is 5.92 Å². The number of hydrogen-bond acceptors (Lipinski definition) is 5. The number of nitro groups is 1. The molecule has 8 nitrogen and oxygen atoms in total. The van der Waals surface area contributed by atoms with Gasteiger partial charge in [0.05, 0.1) is 30.5 Å². The second-order valence-corrected chi connectivity index (χ2v) is 6.26. The Bertz CT molecular complexity index is 654. The summed E-state index contributed by atoms with van der Waals surface area (Å²) in [6.45, 7) is 5.71. The lowest BCUT2D eigenvalue weighted by Crippen LogP contribution is -3.14. The smallest absolute Gasteiger partial charge is 0.309 e. The van der Waals surface area contributed by atoms with Crippen molar-refractivity contribution >= 4 is 23.3 Å². The molecule has 0 aromatic heterocycles. The molecular weight excluding hydrogens is 326 g/mol. The normalized spacial score (nSPS) is 19.9. The first-order valence-electron chi connectivity index (χ1n) is 8.45. The van der Waals surface area contributed by atoms with Crippen LogP contribution in [0, 0.1) is 23.0 Å². The Labute approximate surface area is 146 Å². The number of nitrogens with zero attached hydrogens (tertiary/aromatic N) is 1. The minimum Gasteiger partial charge on any atom is -0.466 e. The zero-order valence-corrected chi connectivity index (χ0v) is 14.5. The van der Waals surface area contributed by atoms with E-state index in [9.17, 15) is 19.7 Å². The first-order chi connectivity index (χ1) is 11.9. The molecule has 1 aromatic carbocycles. The number of ether oxygens (including phenoxy) is 1. The highest BCUT2D eigenvalue weighted by molar-refractivity contribution is 5.92. The molecule has 1 amide bonds. The van der Waals surface area contributed by atoms with Crippen LogP contribution in [-0.2, 0) is 14.3 Å². The number of amides is 1. The van der Waals surface area contributed by atoms with Crippen LogP contribution in [0.25, 0.3) is 0 Å². The van der Waals surface area contributed by atoms with E-state index in [1.165, 1.54) is 12.1 Å². The van der Waals surface area contributed by atoms with Gasteiger partial charge in [-0.1, -0.05) is 0 Å². The number of carbonyl (C=O) groups is 2. The number of hydrogen-bond donors (Lipinski definition) is 2. The van der Waals surface area contributed by atoms with Crippen molar-refractivity contribution in [2.75, 3.05) is 31.6 Å². The Morgan fingerprint density at radius 2 is 2.04 bits per heavy atom. The van der Waals surface area contributed by atoms with E-state index in [1.54, 1.807) is 19.9 Å². The van der Waals surface area contributed by atoms with E-state index in [4.69, 9.17) is 4.74 Å². The van der Waals surface area contributed by atoms with Gasteiger partial charge in [-0.05, 0) is 25.5 Å². The standard InChI is InChI=1S/C17H23N3O5/c1-3-25-17(22)13-6-8-19(9-7-13)11-16(21)18-15-5-4-14(20(23)24)10-12(15)2/h4-5,10,13H,3,6-9,11H2,1-2H3,(H,18,21)/p+1. The summed E-state index contributed by atoms with van der Waals surface area (Å²) >= 11 is 0. The number of esters is 1. The van der Waals surface area contributed by atoms with E-state index in [0.717, 1.165) is 30.8 Å². The number of benzene rings is 1. The van der Waals surface area contributed by atoms with Gasteiger partial charge >= 0.3 is 5.97 Å². The summed E-state index contributed by atoms with van der Waals surface area (Å²) < 4.78 is 5.04. The van der Waals surface area contributed by atoms with E-state index >= 15 is 0 Å². The SMILES string of the molecule is CCOC(=O)C1CC[NH+](CC(=O)Nc2ccc([N+](=O)[O-])cc2C)CC1. The van der Waals surface area contributed by atoms with Crippen LogP contribution in [0.1, 0.15) is 25.3 Å². The first kappa shape index (κ1) is 18.9. The number of aryl methyl sites for hydroxylation is 1. The summed E-state index contributed by atoms with van der Waals surface area (Å²) in [6, 6.07) is 4.36. The molecule has 0 bridgehead atoms. The van der Waals surface area contributed by atoms with E-state index < -0.39 is 4.92 Å². The molecule has 1 aliphatic rings. The van der Waals surface area contributed by atoms with Gasteiger partial charge in [0.15, 0.2) is 6.54 Å². The largest absolute Gasteiger partial charge is 0.466 e. The summed E-state index contributed by atoms with van der Waals surface area (Å²) in [6.07, 6.45) is 1.44. The lowest BCUT2D eigenvalue weighted by atomic mass is 9.97. The summed E-state index contributed by atoms with van der Waals surface area (Å²) in [5.41, 5.74) is 1.23. The van der Waals surface area contributed by atoms with Crippen LogP contribution >= 0.6 is 0 Å². The summed E-state index contributed by atoms with van der Waals surface area (Å²) in [5.74, 6) is -0.349. The molecule has 1 heterocycles. The fourth-order valence-electron chi connectivity index (χ4n) is 3.02. The number of carbonyl (C=O) groups excluding carboxylic acids is 2. The van der Waals surface area contributed by atoms with Crippen LogP contribution in [0.3, 0.4) is 0 Å². The van der Waals surface area contributed by atoms with Crippen molar-refractivity contribution in [3.05, 3.63) is 33.9 Å². The molecule has 2 N–H and O–H groups in total. The van der Waals surface area contributed by atoms with E-state index in [1.807, 2.05) is 0 Å². The molecule has 136 valence electrons. The predicted octanol–water partition coefficient (Wildman–Crippen LogP) is 0.700. The van der Waals surface area contributed by atoms with Crippen LogP contribution < -0.4 is 10.2 Å². The third kappa shape index (κ3) is 5.25. The Kier molecular flexibility index (Phi) is 6.46. The van der Waals surface area contributed by atoms with Crippen LogP contribution in [0.5, 0.6) is 0 Å². The monoisotopic (exact) mass is 350 g/mol. The van der Waals surface area contributed by atoms with E-state index in [-0.39, 0.29) is 23.5 Å². The molecule has 1 fully saturated rings. The van der Waals surface area contributed by atoms with Gasteiger partial charge in [0.2, 0.25) is 0 Å². The molecule has 0 spiro atoms. The number of quaternary nitrogens is 1. The average molecular weight is 350 g/mol. The fraction of sp³-hybridized carbons (Fsp3) is 0.529. The lowest BCUT2D eigenvalue weighted by molar-refractivity contribution is -0.897. The van der Waals surface area contributed by atoms with Crippen LogP contribution in [0.4, 0.5) is 11.4 Å². The van der Waals surface area contributed by atoms with Crippen LogP contribution in [0.2, 0.25) is 0 Å². The number of piperidine rings is 1. The molecule has 1 aliphatic heterocycles. The van der Waals surface area contributed by atoms with Gasteiger partial charge < -0.3 is 15.0 Å². The maximum Gasteiger partial charge on any atom is 0.309 e. The fourth-order valence-corrected chi connectivity index (χ4v) is 3.02. The van der Waals surface area contributed by atoms with Crippen LogP contribution in [0.15, 0.2) is 18.2 Å². The number of nitro benzene ring substituents is 1. The quantitative estimate of drug-likeness (QED) is 0.447. The van der Waals surface area contributed by atoms with Crippen molar-refractivity contribution in [3.8, 4) is 0 Å². The summed E-state index contributed by atoms with van der Waals surface area (Å²) in [7, 11) is 0. The van der Waals surface area contributed by atoms with Gasteiger partial charge in [0.1, 0.15) is 0 Å². The zero-order chi connectivity index (χ0) is 18.4. The molecule has 1 aromatic rings. The molecular formula is C17H24N3O5+. The topological polar surface area (TPSA) is 103 Å². The van der Waals surface area contributed by atoms with Gasteiger partial charge in [-0.2, -0.15) is 0 Å². The van der Waals surface area contributed by atoms with E-state index in [0.29, 0.717) is 24.4 Å². The van der Waals surface area contributed by atoms with E-state index in [2.05, 4.69) is 5.32 Å². The highest BCUT2D eigenvalue weighted by Crippen LogP contribution is 2.21. The highest BCUT2D eigenvalue weighted by Gasteiger charge is 2.29. The Balaban J connectivity index is 1.83. The number of nitrogens with one attached hydrogen (secondary N) is 2. The van der Waals surface area contributed by atoms with Crippen LogP contribution in [-0.4, -0.2) is 43.0 Å². The van der Waals surface area contributed by atoms with Gasteiger partial charge in [-0.15, -0.1) is 0 Å². The molecule has 1 saturated heterocycles. The minimum absolute atomic E-state index is 0.00200. The molecule has 2 rings (SSSR count). The maximum absolute atomic E-state index is 12.2. The van der Waals surface area contributed by atoms with Crippen molar-refractivity contribution in [1.82, 2.24) is 0 Å². The Hall–Kier alpha value is -2.48. The predicted molar refractivity (Wildman–Crippen MR) is 91.4 cm³/mol. The number of anilines is 1. The third-order valence-electron chi connectivity index (χ3n) is 4.42. The molecule has 25 heavy (non-hydrogen) atoms. The number of likely N-dealkylation sites (tertiary alicyclic amines) is 1. The van der Waals surface area contributed by atoms with Crippen molar-refractivity contribution in [1.29, 1.82) is 0 Å². The van der Waals surface area contributed by atoms with Crippen molar-refractivity contribution < 1.29 is 24.1 Å². The minimum atomic E-state index is -0.462. The van der Waals surface area contributed by atoms with Gasteiger partial charge in [0, 0.05) is 30.7 Å². The molecule has 0 atom stereocenters. The number of non-ortho nitro benzene ring substituents is 1. The Morgan fingerprint density at radius 3 is 2.60 bits per heavy atom. The van der Waals surface area contributed by atoms with Crippen molar-refractivity contribution in [2.45, 2.75) is 26.7 Å². The molecule has 0 saturated carbocycles. The summed E-state index contributed by atoms with van der Waals surface area (Å²) in [4.78, 5) is 35.3. The molecule has 0 radical (unpaired) electrons. The van der Waals surface area contributed by atoms with Gasteiger partial charge in [-0.3, -0.25) is 19.7 Å². The second-order valence-electron chi connectivity index (χ2n) is 6.26. The Morgan fingerprint density at radius 1 is 1.36 bits per heavy atom. The first-order valence-corrected chi connectivity index (χ1v) is 8.45. The van der Waals surface area contributed by atoms with Gasteiger partial charge in [0.25, 0.3) is 11.6 Å². The molecule has 0 aliphatic carbocycles. The molecule has 8 heteroatoms. The van der Waals surface area contributed by atoms with Crippen molar-refractivity contribution in [3.63, 3.8) is 0 Å². The average Bonchev–Trinajstić information content (AvgIpc) is 2.57. The lowest BCUT2D eigenvalue weighted by Gasteiger charge is -2.27. The number of rotatable bonds is 6. The third-order valence-corrected chi connectivity index (χ3v) is 4.42. The summed E-state index contributed by atoms with van der Waals surface area (Å²) in [5, 5.41) is 13.6. The maximum atomic E-state index is 12.2. The zero-order valence-electron chi connectivity index (χ0n) is 14.5. The molecule has 0 unspecified atom stereocenters.